The second kappa shape index (κ2) is 5.45. The van der Waals surface area contributed by atoms with E-state index in [1.807, 2.05) is 26.0 Å². The van der Waals surface area contributed by atoms with Crippen molar-refractivity contribution in [2.24, 2.45) is 0 Å². The van der Waals surface area contributed by atoms with E-state index in [4.69, 9.17) is 4.74 Å². The summed E-state index contributed by atoms with van der Waals surface area (Å²) in [5.74, 6) is 0.847. The fraction of sp³-hybridized carbons (Fsp3) is 0.643. The second-order valence-electron chi connectivity index (χ2n) is 5.69. The third-order valence-corrected chi connectivity index (χ3v) is 3.26. The smallest absolute Gasteiger partial charge is 0.128 e. The summed E-state index contributed by atoms with van der Waals surface area (Å²) in [6.07, 6.45) is 0.992. The summed E-state index contributed by atoms with van der Waals surface area (Å²) in [4.78, 5) is 6.49. The molecule has 2 atom stereocenters. The Labute approximate surface area is 113 Å². The number of hydrogen-bond acceptors (Lipinski definition) is 5. The van der Waals surface area contributed by atoms with Crippen molar-refractivity contribution in [3.05, 3.63) is 23.9 Å². The van der Waals surface area contributed by atoms with E-state index in [0.717, 1.165) is 17.9 Å². The van der Waals surface area contributed by atoms with Gasteiger partial charge in [-0.3, -0.25) is 0 Å². The summed E-state index contributed by atoms with van der Waals surface area (Å²) in [6, 6.07) is 3.78. The van der Waals surface area contributed by atoms with Crippen molar-refractivity contribution >= 4 is 5.82 Å². The van der Waals surface area contributed by atoms with E-state index in [9.17, 15) is 10.2 Å². The van der Waals surface area contributed by atoms with Gasteiger partial charge in [-0.15, -0.1) is 0 Å². The van der Waals surface area contributed by atoms with Crippen molar-refractivity contribution in [1.29, 1.82) is 0 Å². The maximum absolute atomic E-state index is 9.48. The molecule has 1 saturated heterocycles. The Morgan fingerprint density at radius 1 is 1.53 bits per heavy atom. The van der Waals surface area contributed by atoms with Crippen LogP contribution in [0.15, 0.2) is 18.3 Å². The molecule has 1 aromatic rings. The van der Waals surface area contributed by atoms with Gasteiger partial charge in [0.1, 0.15) is 5.82 Å². The first-order chi connectivity index (χ1) is 8.91. The number of anilines is 1. The third kappa shape index (κ3) is 3.43. The number of hydrogen-bond donors (Lipinski definition) is 2. The monoisotopic (exact) mass is 266 g/mol. The minimum absolute atomic E-state index is 0.00564. The largest absolute Gasteiger partial charge is 0.394 e. The first kappa shape index (κ1) is 14.2. The van der Waals surface area contributed by atoms with Crippen LogP contribution in [0.5, 0.6) is 0 Å². The maximum atomic E-state index is 9.48. The molecule has 19 heavy (non-hydrogen) atoms. The highest BCUT2D eigenvalue weighted by Crippen LogP contribution is 2.25. The Hall–Kier alpha value is -1.17. The summed E-state index contributed by atoms with van der Waals surface area (Å²) in [5.41, 5.74) is 0.492. The van der Waals surface area contributed by atoms with Crippen LogP contribution in [0, 0.1) is 0 Å². The summed E-state index contributed by atoms with van der Waals surface area (Å²) in [5, 5.41) is 18.8. The van der Waals surface area contributed by atoms with Gasteiger partial charge in [-0.05, 0) is 32.4 Å². The number of aliphatic hydroxyl groups is 2. The molecule has 0 bridgehead atoms. The van der Waals surface area contributed by atoms with Crippen LogP contribution in [0.3, 0.4) is 0 Å². The highest BCUT2D eigenvalue weighted by atomic mass is 16.5. The van der Waals surface area contributed by atoms with E-state index < -0.39 is 6.10 Å². The Morgan fingerprint density at radius 3 is 2.79 bits per heavy atom. The molecule has 2 N–H and O–H groups in total. The molecule has 0 radical (unpaired) electrons. The van der Waals surface area contributed by atoms with Crippen molar-refractivity contribution < 1.29 is 14.9 Å². The molecule has 1 aliphatic heterocycles. The average Bonchev–Trinajstić information content (AvgIpc) is 2.37. The van der Waals surface area contributed by atoms with Gasteiger partial charge < -0.3 is 19.8 Å². The van der Waals surface area contributed by atoms with Crippen LogP contribution in [0.4, 0.5) is 5.82 Å². The van der Waals surface area contributed by atoms with Gasteiger partial charge in [0.2, 0.25) is 0 Å². The molecular weight excluding hydrogens is 244 g/mol. The van der Waals surface area contributed by atoms with Gasteiger partial charge >= 0.3 is 0 Å². The van der Waals surface area contributed by atoms with Crippen LogP contribution in [-0.2, 0) is 4.74 Å². The summed E-state index contributed by atoms with van der Waals surface area (Å²) < 4.78 is 5.78. The minimum atomic E-state index is -0.507. The van der Waals surface area contributed by atoms with Crippen LogP contribution in [0.2, 0.25) is 0 Å². The Balaban J connectivity index is 2.16. The molecule has 2 heterocycles. The number of ether oxygens (including phenoxy) is 1. The molecule has 1 aromatic heterocycles. The molecule has 2 rings (SSSR count). The number of rotatable bonds is 3. The SMILES string of the molecule is C[C@H](O)c1ccc(N2CC(CO)OC(C)(C)C2)nc1. The summed E-state index contributed by atoms with van der Waals surface area (Å²) in [6.45, 7) is 7.09. The topological polar surface area (TPSA) is 65.8 Å². The number of pyridine rings is 1. The highest BCUT2D eigenvalue weighted by Gasteiger charge is 2.33. The van der Waals surface area contributed by atoms with Gasteiger partial charge in [-0.2, -0.15) is 0 Å². The summed E-state index contributed by atoms with van der Waals surface area (Å²) >= 11 is 0. The molecule has 1 aliphatic rings. The lowest BCUT2D eigenvalue weighted by Crippen LogP contribution is -2.54. The molecule has 1 unspecified atom stereocenters. The van der Waals surface area contributed by atoms with Crippen LogP contribution in [0.1, 0.15) is 32.4 Å². The van der Waals surface area contributed by atoms with Gasteiger partial charge in [0.05, 0.1) is 24.4 Å². The lowest BCUT2D eigenvalue weighted by atomic mass is 10.1. The molecule has 0 saturated carbocycles. The van der Waals surface area contributed by atoms with Gasteiger partial charge in [-0.25, -0.2) is 4.98 Å². The molecule has 5 nitrogen and oxygen atoms in total. The zero-order valence-electron chi connectivity index (χ0n) is 11.7. The van der Waals surface area contributed by atoms with E-state index in [-0.39, 0.29) is 18.3 Å². The van der Waals surface area contributed by atoms with Gasteiger partial charge in [0.25, 0.3) is 0 Å². The maximum Gasteiger partial charge on any atom is 0.128 e. The summed E-state index contributed by atoms with van der Waals surface area (Å²) in [7, 11) is 0. The Bertz CT molecular complexity index is 417. The first-order valence-corrected chi connectivity index (χ1v) is 6.59. The van der Waals surface area contributed by atoms with Gasteiger partial charge in [-0.1, -0.05) is 6.07 Å². The molecule has 1 fully saturated rings. The van der Waals surface area contributed by atoms with Crippen molar-refractivity contribution in [2.45, 2.75) is 38.6 Å². The number of nitrogens with zero attached hydrogens (tertiary/aromatic N) is 2. The first-order valence-electron chi connectivity index (χ1n) is 6.59. The number of aliphatic hydroxyl groups excluding tert-OH is 2. The Kier molecular flexibility index (Phi) is 4.08. The zero-order valence-corrected chi connectivity index (χ0v) is 11.7. The van der Waals surface area contributed by atoms with E-state index in [2.05, 4.69) is 9.88 Å². The van der Waals surface area contributed by atoms with Crippen molar-refractivity contribution in [2.75, 3.05) is 24.6 Å². The zero-order chi connectivity index (χ0) is 14.0. The van der Waals surface area contributed by atoms with Crippen molar-refractivity contribution in [3.8, 4) is 0 Å². The Morgan fingerprint density at radius 2 is 2.26 bits per heavy atom. The van der Waals surface area contributed by atoms with Crippen molar-refractivity contribution in [3.63, 3.8) is 0 Å². The number of morpholine rings is 1. The normalized spacial score (nSPS) is 24.3. The lowest BCUT2D eigenvalue weighted by Gasteiger charge is -2.42. The fourth-order valence-electron chi connectivity index (χ4n) is 2.40. The molecular formula is C14H22N2O3. The van der Waals surface area contributed by atoms with E-state index in [0.29, 0.717) is 6.54 Å². The minimum Gasteiger partial charge on any atom is -0.394 e. The third-order valence-electron chi connectivity index (χ3n) is 3.26. The van der Waals surface area contributed by atoms with Crippen LogP contribution in [-0.4, -0.2) is 46.6 Å². The number of aromatic nitrogens is 1. The van der Waals surface area contributed by atoms with E-state index in [1.165, 1.54) is 0 Å². The molecule has 0 aliphatic carbocycles. The highest BCUT2D eigenvalue weighted by molar-refractivity contribution is 5.41. The van der Waals surface area contributed by atoms with Crippen molar-refractivity contribution in [1.82, 2.24) is 4.98 Å². The van der Waals surface area contributed by atoms with Crippen LogP contribution in [0.25, 0.3) is 0 Å². The quantitative estimate of drug-likeness (QED) is 0.858. The second-order valence-corrected chi connectivity index (χ2v) is 5.69. The van der Waals surface area contributed by atoms with Gasteiger partial charge in [0, 0.05) is 19.3 Å². The van der Waals surface area contributed by atoms with E-state index >= 15 is 0 Å². The standard InChI is InChI=1S/C14H22N2O3/c1-10(18)11-4-5-13(15-6-11)16-7-12(8-17)19-14(2,3)9-16/h4-6,10,12,17-18H,7-9H2,1-3H3/t10-,12?/m0/s1. The molecule has 106 valence electrons. The molecule has 0 spiro atoms. The molecule has 0 aromatic carbocycles. The van der Waals surface area contributed by atoms with Gasteiger partial charge in [0.15, 0.2) is 0 Å². The lowest BCUT2D eigenvalue weighted by molar-refractivity contribution is -0.101. The molecule has 5 heteroatoms. The van der Waals surface area contributed by atoms with E-state index in [1.54, 1.807) is 13.1 Å². The molecule has 0 amide bonds. The predicted octanol–water partition coefficient (Wildman–Crippen LogP) is 1.11. The van der Waals surface area contributed by atoms with Crippen LogP contribution < -0.4 is 4.90 Å². The predicted molar refractivity (Wildman–Crippen MR) is 73.1 cm³/mol. The fourth-order valence-corrected chi connectivity index (χ4v) is 2.40. The average molecular weight is 266 g/mol. The van der Waals surface area contributed by atoms with Crippen LogP contribution >= 0.6 is 0 Å².